The summed E-state index contributed by atoms with van der Waals surface area (Å²) in [5.41, 5.74) is 0. The zero-order chi connectivity index (χ0) is 13.8. The van der Waals surface area contributed by atoms with E-state index in [0.29, 0.717) is 12.5 Å². The molecule has 18 heavy (non-hydrogen) atoms. The van der Waals surface area contributed by atoms with Crippen LogP contribution in [0.25, 0.3) is 0 Å². The summed E-state index contributed by atoms with van der Waals surface area (Å²) < 4.78 is 40.7. The van der Waals surface area contributed by atoms with E-state index >= 15 is 0 Å². The lowest BCUT2D eigenvalue weighted by Crippen LogP contribution is -2.02. The predicted octanol–water partition coefficient (Wildman–Crippen LogP) is 3.57. The Kier molecular flexibility index (Phi) is 5.41. The van der Waals surface area contributed by atoms with Gasteiger partial charge in [-0.15, -0.1) is 0 Å². The van der Waals surface area contributed by atoms with Crippen molar-refractivity contribution in [2.75, 3.05) is 6.61 Å². The molecular weight excluding hydrogens is 279 g/mol. The van der Waals surface area contributed by atoms with E-state index in [4.69, 9.17) is 15.4 Å². The maximum atomic E-state index is 13.5. The minimum atomic E-state index is -3.90. The van der Waals surface area contributed by atoms with E-state index in [1.165, 1.54) is 12.1 Å². The molecule has 0 spiro atoms. The summed E-state index contributed by atoms with van der Waals surface area (Å²) in [5.74, 6) is -0.105. The molecule has 1 aromatic rings. The second-order valence-corrected chi connectivity index (χ2v) is 6.98. The first kappa shape index (κ1) is 15.2. The van der Waals surface area contributed by atoms with Crippen molar-refractivity contribution in [1.29, 1.82) is 0 Å². The quantitative estimate of drug-likeness (QED) is 0.595. The summed E-state index contributed by atoms with van der Waals surface area (Å²) in [6.07, 6.45) is 1.82. The Morgan fingerprint density at radius 2 is 2.06 bits per heavy atom. The van der Waals surface area contributed by atoms with Gasteiger partial charge < -0.3 is 4.74 Å². The molecule has 0 saturated heterocycles. The van der Waals surface area contributed by atoms with Crippen LogP contribution in [0.4, 0.5) is 4.39 Å². The second-order valence-electron chi connectivity index (χ2n) is 4.41. The molecule has 0 saturated carbocycles. The van der Waals surface area contributed by atoms with Crippen molar-refractivity contribution in [2.24, 2.45) is 5.92 Å². The Morgan fingerprint density at radius 3 is 2.56 bits per heavy atom. The molecule has 0 atom stereocenters. The van der Waals surface area contributed by atoms with Crippen molar-refractivity contribution >= 4 is 19.7 Å². The van der Waals surface area contributed by atoms with Crippen LogP contribution in [0, 0.1) is 11.7 Å². The summed E-state index contributed by atoms with van der Waals surface area (Å²) >= 11 is 0. The van der Waals surface area contributed by atoms with Crippen molar-refractivity contribution in [1.82, 2.24) is 0 Å². The Labute approximate surface area is 111 Å². The van der Waals surface area contributed by atoms with Crippen molar-refractivity contribution in [2.45, 2.75) is 31.6 Å². The summed E-state index contributed by atoms with van der Waals surface area (Å²) in [5, 5.41) is 0. The van der Waals surface area contributed by atoms with Crippen LogP contribution in [0.2, 0.25) is 0 Å². The predicted molar refractivity (Wildman–Crippen MR) is 69.0 cm³/mol. The highest BCUT2D eigenvalue weighted by Crippen LogP contribution is 2.23. The molecule has 0 aliphatic carbocycles. The van der Waals surface area contributed by atoms with Gasteiger partial charge >= 0.3 is 0 Å². The molecule has 0 aliphatic heterocycles. The Bertz CT molecular complexity index is 500. The van der Waals surface area contributed by atoms with Crippen LogP contribution in [0.1, 0.15) is 26.7 Å². The van der Waals surface area contributed by atoms with Gasteiger partial charge in [0.15, 0.2) is 11.6 Å². The van der Waals surface area contributed by atoms with Crippen molar-refractivity contribution < 1.29 is 17.5 Å². The molecule has 102 valence electrons. The number of hydrogen-bond donors (Lipinski definition) is 0. The van der Waals surface area contributed by atoms with Gasteiger partial charge in [0, 0.05) is 10.7 Å². The molecular formula is C12H16ClFO3S. The standard InChI is InChI=1S/C12H16ClFO3S/c1-9(2)4-3-7-17-12-6-5-10(8-11(12)14)18(13,15)16/h5-6,8-9H,3-4,7H2,1-2H3. The van der Waals surface area contributed by atoms with E-state index in [-0.39, 0.29) is 10.6 Å². The molecule has 0 heterocycles. The number of benzene rings is 1. The molecule has 0 fully saturated rings. The molecule has 0 amide bonds. The van der Waals surface area contributed by atoms with E-state index in [1.807, 2.05) is 0 Å². The Balaban J connectivity index is 2.64. The van der Waals surface area contributed by atoms with E-state index in [1.54, 1.807) is 0 Å². The van der Waals surface area contributed by atoms with Gasteiger partial charge in [-0.1, -0.05) is 13.8 Å². The van der Waals surface area contributed by atoms with Crippen LogP contribution in [0.3, 0.4) is 0 Å². The third-order valence-corrected chi connectivity index (χ3v) is 3.72. The summed E-state index contributed by atoms with van der Waals surface area (Å²) in [7, 11) is 1.21. The van der Waals surface area contributed by atoms with Gasteiger partial charge in [0.05, 0.1) is 11.5 Å². The molecule has 0 aromatic heterocycles. The fourth-order valence-corrected chi connectivity index (χ4v) is 2.19. The van der Waals surface area contributed by atoms with Crippen LogP contribution >= 0.6 is 10.7 Å². The SMILES string of the molecule is CC(C)CCCOc1ccc(S(=O)(=O)Cl)cc1F. The first-order chi connectivity index (χ1) is 8.30. The molecule has 1 rings (SSSR count). The topological polar surface area (TPSA) is 43.4 Å². The molecule has 0 bridgehead atoms. The molecule has 3 nitrogen and oxygen atoms in total. The van der Waals surface area contributed by atoms with Crippen LogP contribution in [0.15, 0.2) is 23.1 Å². The monoisotopic (exact) mass is 294 g/mol. The van der Waals surface area contributed by atoms with E-state index < -0.39 is 14.9 Å². The number of halogens is 2. The molecule has 0 N–H and O–H groups in total. The van der Waals surface area contributed by atoms with Gasteiger partial charge in [-0.25, -0.2) is 12.8 Å². The molecule has 1 aromatic carbocycles. The minimum Gasteiger partial charge on any atom is -0.491 e. The lowest BCUT2D eigenvalue weighted by Gasteiger charge is -2.09. The molecule has 0 aliphatic rings. The van der Waals surface area contributed by atoms with Crippen LogP contribution in [0.5, 0.6) is 5.75 Å². The largest absolute Gasteiger partial charge is 0.491 e. The Morgan fingerprint density at radius 1 is 1.39 bits per heavy atom. The lowest BCUT2D eigenvalue weighted by atomic mass is 10.1. The highest BCUT2D eigenvalue weighted by atomic mass is 35.7. The van der Waals surface area contributed by atoms with Gasteiger partial charge in [-0.3, -0.25) is 0 Å². The molecule has 0 unspecified atom stereocenters. The zero-order valence-electron chi connectivity index (χ0n) is 10.3. The maximum Gasteiger partial charge on any atom is 0.261 e. The van der Waals surface area contributed by atoms with Gasteiger partial charge in [0.1, 0.15) is 0 Å². The number of hydrogen-bond acceptors (Lipinski definition) is 3. The van der Waals surface area contributed by atoms with E-state index in [2.05, 4.69) is 13.8 Å². The maximum absolute atomic E-state index is 13.5. The summed E-state index contributed by atoms with van der Waals surface area (Å²) in [4.78, 5) is -0.267. The van der Waals surface area contributed by atoms with Crippen LogP contribution < -0.4 is 4.74 Å². The van der Waals surface area contributed by atoms with Crippen LogP contribution in [-0.4, -0.2) is 15.0 Å². The van der Waals surface area contributed by atoms with Crippen LogP contribution in [-0.2, 0) is 9.05 Å². The minimum absolute atomic E-state index is 0.0443. The fraction of sp³-hybridized carbons (Fsp3) is 0.500. The zero-order valence-corrected chi connectivity index (χ0v) is 11.9. The third-order valence-electron chi connectivity index (χ3n) is 2.37. The normalized spacial score (nSPS) is 11.8. The van der Waals surface area contributed by atoms with Crippen molar-refractivity contribution in [3.8, 4) is 5.75 Å². The second kappa shape index (κ2) is 6.38. The van der Waals surface area contributed by atoms with Gasteiger partial charge in [-0.05, 0) is 37.0 Å². The summed E-state index contributed by atoms with van der Waals surface area (Å²) in [6.45, 7) is 4.60. The average molecular weight is 295 g/mol. The van der Waals surface area contributed by atoms with Gasteiger partial charge in [0.2, 0.25) is 0 Å². The highest BCUT2D eigenvalue weighted by molar-refractivity contribution is 8.13. The number of ether oxygens (including phenoxy) is 1. The molecule has 0 radical (unpaired) electrons. The molecule has 6 heteroatoms. The van der Waals surface area contributed by atoms with E-state index in [0.717, 1.165) is 18.9 Å². The van der Waals surface area contributed by atoms with Crippen molar-refractivity contribution in [3.63, 3.8) is 0 Å². The van der Waals surface area contributed by atoms with Gasteiger partial charge in [0.25, 0.3) is 9.05 Å². The first-order valence-corrected chi connectivity index (χ1v) is 7.98. The lowest BCUT2D eigenvalue weighted by molar-refractivity contribution is 0.284. The summed E-state index contributed by atoms with van der Waals surface area (Å²) in [6, 6.07) is 3.36. The first-order valence-electron chi connectivity index (χ1n) is 5.67. The van der Waals surface area contributed by atoms with Gasteiger partial charge in [-0.2, -0.15) is 0 Å². The highest BCUT2D eigenvalue weighted by Gasteiger charge is 2.13. The van der Waals surface area contributed by atoms with E-state index in [9.17, 15) is 12.8 Å². The Hall–Kier alpha value is -0.810. The smallest absolute Gasteiger partial charge is 0.261 e. The van der Waals surface area contributed by atoms with Crippen molar-refractivity contribution in [3.05, 3.63) is 24.0 Å². The fourth-order valence-electron chi connectivity index (χ4n) is 1.42. The number of rotatable bonds is 6. The third kappa shape index (κ3) is 4.82. The average Bonchev–Trinajstić information content (AvgIpc) is 2.24.